The van der Waals surface area contributed by atoms with Gasteiger partial charge in [-0.25, -0.2) is 9.37 Å². The number of nitrogens with one attached hydrogen (secondary N) is 1. The van der Waals surface area contributed by atoms with Gasteiger partial charge in [-0.2, -0.15) is 5.10 Å². The first-order valence-corrected chi connectivity index (χ1v) is 12.0. The summed E-state index contributed by atoms with van der Waals surface area (Å²) >= 11 is 1.10. The first kappa shape index (κ1) is 23.2. The van der Waals surface area contributed by atoms with Gasteiger partial charge in [0.25, 0.3) is 5.91 Å². The lowest BCUT2D eigenvalue weighted by atomic mass is 10.00. The molecule has 1 saturated heterocycles. The van der Waals surface area contributed by atoms with Gasteiger partial charge in [0.05, 0.1) is 6.20 Å². The van der Waals surface area contributed by atoms with Gasteiger partial charge in [-0.3, -0.25) is 9.48 Å². The molecule has 176 valence electrons. The minimum Gasteiger partial charge on any atom is -0.389 e. The van der Waals surface area contributed by atoms with Crippen LogP contribution in [0, 0.1) is 5.82 Å². The predicted molar refractivity (Wildman–Crippen MR) is 131 cm³/mol. The van der Waals surface area contributed by atoms with Crippen LogP contribution in [0.5, 0.6) is 0 Å². The number of carbonyl (C=O) groups excluding carboxylic acids is 1. The molecule has 4 rings (SSSR count). The molecule has 0 saturated carbocycles. The van der Waals surface area contributed by atoms with Crippen molar-refractivity contribution in [1.29, 1.82) is 0 Å². The van der Waals surface area contributed by atoms with E-state index in [-0.39, 0.29) is 28.5 Å². The van der Waals surface area contributed by atoms with E-state index in [0.29, 0.717) is 21.8 Å². The molecule has 1 fully saturated rings. The van der Waals surface area contributed by atoms with Gasteiger partial charge in [-0.05, 0) is 36.8 Å². The zero-order valence-corrected chi connectivity index (χ0v) is 20.0. The molecular weight excluding hydrogens is 441 g/mol. The smallest absolute Gasteiger partial charge is 0.277 e. The maximum absolute atomic E-state index is 15.0. The molecule has 0 aliphatic carbocycles. The maximum atomic E-state index is 15.0. The van der Waals surface area contributed by atoms with Crippen molar-refractivity contribution in [3.63, 3.8) is 0 Å². The summed E-state index contributed by atoms with van der Waals surface area (Å²) in [5, 5.41) is 7.85. The fraction of sp³-hybridized carbons (Fsp3) is 0.435. The third-order valence-corrected chi connectivity index (χ3v) is 6.90. The van der Waals surface area contributed by atoms with Gasteiger partial charge in [0.15, 0.2) is 11.5 Å². The van der Waals surface area contributed by atoms with Crippen LogP contribution in [0.1, 0.15) is 55.1 Å². The Morgan fingerprint density at radius 2 is 2.09 bits per heavy atom. The highest BCUT2D eigenvalue weighted by Crippen LogP contribution is 2.35. The molecule has 3 heterocycles. The number of nitrogens with two attached hydrogens (primary N) is 2. The van der Waals surface area contributed by atoms with Gasteiger partial charge in [-0.1, -0.05) is 37.3 Å². The quantitative estimate of drug-likeness (QED) is 0.519. The second-order valence-electron chi connectivity index (χ2n) is 8.73. The van der Waals surface area contributed by atoms with Gasteiger partial charge in [0, 0.05) is 31.7 Å². The lowest BCUT2D eigenvalue weighted by Crippen LogP contribution is -2.29. The fourth-order valence-electron chi connectivity index (χ4n) is 4.18. The lowest BCUT2D eigenvalue weighted by Gasteiger charge is -2.24. The second kappa shape index (κ2) is 9.48. The highest BCUT2D eigenvalue weighted by molar-refractivity contribution is 7.19. The number of carbonyl (C=O) groups is 1. The molecule has 5 N–H and O–H groups in total. The third kappa shape index (κ3) is 4.72. The van der Waals surface area contributed by atoms with Crippen LogP contribution in [0.15, 0.2) is 24.4 Å². The second-order valence-corrected chi connectivity index (χ2v) is 9.76. The van der Waals surface area contributed by atoms with Crippen LogP contribution < -0.4 is 21.7 Å². The monoisotopic (exact) mass is 471 g/mol. The molecule has 10 heteroatoms. The number of hydrogen-bond acceptors (Lipinski definition) is 7. The summed E-state index contributed by atoms with van der Waals surface area (Å²) in [6, 6.07) is 5.39. The summed E-state index contributed by atoms with van der Waals surface area (Å²) < 4.78 is 16.8. The van der Waals surface area contributed by atoms with Crippen molar-refractivity contribution in [3.05, 3.63) is 41.5 Å². The molecule has 33 heavy (non-hydrogen) atoms. The van der Waals surface area contributed by atoms with Gasteiger partial charge >= 0.3 is 0 Å². The zero-order chi connectivity index (χ0) is 23.7. The van der Waals surface area contributed by atoms with E-state index in [1.54, 1.807) is 29.1 Å². The molecule has 1 aliphatic rings. The summed E-state index contributed by atoms with van der Waals surface area (Å²) in [4.78, 5) is 19.7. The van der Waals surface area contributed by atoms with E-state index < -0.39 is 5.91 Å². The molecule has 0 bridgehead atoms. The molecule has 1 atom stereocenters. The van der Waals surface area contributed by atoms with Crippen molar-refractivity contribution in [1.82, 2.24) is 14.8 Å². The highest BCUT2D eigenvalue weighted by Gasteiger charge is 2.24. The zero-order valence-electron chi connectivity index (χ0n) is 19.1. The number of anilines is 3. The van der Waals surface area contributed by atoms with Gasteiger partial charge in [-0.15, -0.1) is 0 Å². The summed E-state index contributed by atoms with van der Waals surface area (Å²) in [5.41, 5.74) is 13.9. The first-order valence-electron chi connectivity index (χ1n) is 11.1. The standard InChI is InChI=1S/C23H30FN7OS/c1-13(2)15-7-4-8-16(18(15)24)22-29-19(20(26)33-22)21(32)28-17-12-27-30(3)23(17)31-10-5-6-14(25)9-11-31/h4,7-8,12-14H,5-6,9-11,25-26H2,1-3H3,(H,28,32)/t14-/m1/s1. The van der Waals surface area contributed by atoms with E-state index in [2.05, 4.69) is 20.3 Å². The van der Waals surface area contributed by atoms with Crippen molar-refractivity contribution in [2.75, 3.05) is 29.0 Å². The molecule has 1 amide bonds. The Labute approximate surface area is 196 Å². The van der Waals surface area contributed by atoms with Gasteiger partial charge in [0.2, 0.25) is 0 Å². The molecule has 2 aromatic heterocycles. The minimum absolute atomic E-state index is 0.0302. The Morgan fingerprint density at radius 3 is 2.85 bits per heavy atom. The number of thiazole rings is 1. The Kier molecular flexibility index (Phi) is 6.66. The summed E-state index contributed by atoms with van der Waals surface area (Å²) in [7, 11) is 1.84. The number of hydrogen-bond donors (Lipinski definition) is 3. The Bertz CT molecular complexity index is 1160. The van der Waals surface area contributed by atoms with Crippen LogP contribution in [-0.2, 0) is 7.05 Å². The molecule has 8 nitrogen and oxygen atoms in total. The van der Waals surface area contributed by atoms with Crippen molar-refractivity contribution < 1.29 is 9.18 Å². The summed E-state index contributed by atoms with van der Waals surface area (Å²) in [6.07, 6.45) is 4.45. The SMILES string of the molecule is CC(C)c1cccc(-c2nc(C(=O)Nc3cnn(C)c3N3CCC[C@@H](N)CC3)c(N)s2)c1F. The van der Waals surface area contributed by atoms with Crippen LogP contribution in [0.25, 0.3) is 10.6 Å². The van der Waals surface area contributed by atoms with E-state index in [0.717, 1.165) is 49.5 Å². The van der Waals surface area contributed by atoms with Crippen molar-refractivity contribution in [3.8, 4) is 10.6 Å². The van der Waals surface area contributed by atoms with E-state index >= 15 is 4.39 Å². The van der Waals surface area contributed by atoms with Crippen LogP contribution >= 0.6 is 11.3 Å². The minimum atomic E-state index is -0.448. The van der Waals surface area contributed by atoms with E-state index in [4.69, 9.17) is 11.5 Å². The number of amides is 1. The number of benzene rings is 1. The number of nitrogen functional groups attached to an aromatic ring is 1. The van der Waals surface area contributed by atoms with Gasteiger partial charge < -0.3 is 21.7 Å². The average Bonchev–Trinajstić information content (AvgIpc) is 3.25. The third-order valence-electron chi connectivity index (χ3n) is 5.98. The van der Waals surface area contributed by atoms with Crippen LogP contribution in [0.4, 0.5) is 20.9 Å². The molecule has 1 aromatic carbocycles. The van der Waals surface area contributed by atoms with E-state index in [9.17, 15) is 4.79 Å². The van der Waals surface area contributed by atoms with Crippen molar-refractivity contribution in [2.45, 2.75) is 45.1 Å². The highest BCUT2D eigenvalue weighted by atomic mass is 32.1. The maximum Gasteiger partial charge on any atom is 0.277 e. The lowest BCUT2D eigenvalue weighted by molar-refractivity contribution is 0.102. The number of aryl methyl sites for hydroxylation is 1. The van der Waals surface area contributed by atoms with Gasteiger partial charge in [0.1, 0.15) is 21.5 Å². The van der Waals surface area contributed by atoms with Crippen molar-refractivity contribution >= 4 is 33.8 Å². The summed E-state index contributed by atoms with van der Waals surface area (Å²) in [6.45, 7) is 5.49. The molecule has 3 aromatic rings. The van der Waals surface area contributed by atoms with E-state index in [1.165, 1.54) is 0 Å². The summed E-state index contributed by atoms with van der Waals surface area (Å²) in [5.74, 6) is 0.0723. The fourth-order valence-corrected chi connectivity index (χ4v) is 5.03. The van der Waals surface area contributed by atoms with Crippen LogP contribution in [-0.4, -0.2) is 39.8 Å². The normalized spacial score (nSPS) is 16.8. The number of halogens is 1. The predicted octanol–water partition coefficient (Wildman–Crippen LogP) is 3.96. The average molecular weight is 472 g/mol. The van der Waals surface area contributed by atoms with Crippen LogP contribution in [0.3, 0.4) is 0 Å². The number of aromatic nitrogens is 3. The molecule has 0 radical (unpaired) electrons. The Hall–Kier alpha value is -2.98. The van der Waals surface area contributed by atoms with Crippen LogP contribution in [0.2, 0.25) is 0 Å². The molecular formula is C23H30FN7OS. The topological polar surface area (TPSA) is 115 Å². The number of rotatable bonds is 5. The number of nitrogens with zero attached hydrogens (tertiary/aromatic N) is 4. The molecule has 0 unspecified atom stereocenters. The molecule has 0 spiro atoms. The molecule has 1 aliphatic heterocycles. The van der Waals surface area contributed by atoms with Crippen molar-refractivity contribution in [2.24, 2.45) is 12.8 Å². The van der Waals surface area contributed by atoms with E-state index in [1.807, 2.05) is 20.9 Å². The largest absolute Gasteiger partial charge is 0.389 e. The first-order chi connectivity index (χ1) is 15.8. The Morgan fingerprint density at radius 1 is 1.30 bits per heavy atom. The Balaban J connectivity index is 1.59.